The van der Waals surface area contributed by atoms with E-state index in [0.29, 0.717) is 6.61 Å². The topological polar surface area (TPSA) is 96.7 Å². The molecule has 0 unspecified atom stereocenters. The number of carbonyl (C=O) groups is 1. The number of hydrogen-bond donors (Lipinski definition) is 2. The monoisotopic (exact) mass is 203 g/mol. The van der Waals surface area contributed by atoms with Crippen molar-refractivity contribution in [1.82, 2.24) is 0 Å². The van der Waals surface area contributed by atoms with Gasteiger partial charge in [-0.05, 0) is 0 Å². The number of ether oxygens (including phenoxy) is 2. The molecule has 0 radical (unpaired) electrons. The summed E-state index contributed by atoms with van der Waals surface area (Å²) in [5.41, 5.74) is 0. The summed E-state index contributed by atoms with van der Waals surface area (Å²) in [5.74, 6) is -0.461. The lowest BCUT2D eigenvalue weighted by molar-refractivity contribution is -0.139. The second kappa shape index (κ2) is 14.1. The van der Waals surface area contributed by atoms with E-state index in [1.807, 2.05) is 0 Å². The Morgan fingerprint density at radius 3 is 2.50 bits per heavy atom. The van der Waals surface area contributed by atoms with Crippen LogP contribution in [0.4, 0.5) is 0 Å². The summed E-state index contributed by atoms with van der Waals surface area (Å²) in [4.78, 5) is 18.7. The summed E-state index contributed by atoms with van der Waals surface area (Å²) in [5, 5.41) is 13.7. The van der Waals surface area contributed by atoms with Crippen molar-refractivity contribution < 1.29 is 24.2 Å². The van der Waals surface area contributed by atoms with Crippen LogP contribution in [0.1, 0.15) is 0 Å². The first-order valence-electron chi connectivity index (χ1n) is 3.74. The van der Waals surface area contributed by atoms with Crippen LogP contribution in [0, 0.1) is 5.41 Å². The SMILES string of the molecule is C=CC(=O)OCCOCCO.N=C=O. The normalized spacial score (nSPS) is 7.79. The molecule has 0 aromatic rings. The van der Waals surface area contributed by atoms with Crippen molar-refractivity contribution in [2.24, 2.45) is 0 Å². The lowest BCUT2D eigenvalue weighted by Crippen LogP contribution is -2.09. The van der Waals surface area contributed by atoms with Crippen molar-refractivity contribution in [1.29, 1.82) is 5.41 Å². The first-order valence-corrected chi connectivity index (χ1v) is 3.74. The number of aliphatic hydroxyl groups is 1. The molecular weight excluding hydrogens is 190 g/mol. The van der Waals surface area contributed by atoms with E-state index in [4.69, 9.17) is 20.0 Å². The zero-order chi connectivity index (χ0) is 11.2. The van der Waals surface area contributed by atoms with E-state index < -0.39 is 5.97 Å². The standard InChI is InChI=1S/C7H12O4.CHNO/c1-2-7(9)11-6-5-10-4-3-8;2-1-3/h2,8H,1,3-6H2;2H. The summed E-state index contributed by atoms with van der Waals surface area (Å²) >= 11 is 0. The van der Waals surface area contributed by atoms with Crippen LogP contribution in [0.25, 0.3) is 0 Å². The summed E-state index contributed by atoms with van der Waals surface area (Å²) in [7, 11) is 0. The first kappa shape index (κ1) is 15.0. The number of nitrogens with one attached hydrogen (secondary N) is 1. The average molecular weight is 203 g/mol. The maximum absolute atomic E-state index is 10.4. The minimum atomic E-state index is -0.461. The Bertz CT molecular complexity index is 186. The van der Waals surface area contributed by atoms with Crippen LogP contribution in [0.2, 0.25) is 0 Å². The molecule has 6 nitrogen and oxygen atoms in total. The number of esters is 1. The van der Waals surface area contributed by atoms with Crippen molar-refractivity contribution in [3.63, 3.8) is 0 Å². The smallest absolute Gasteiger partial charge is 0.330 e. The van der Waals surface area contributed by atoms with E-state index in [9.17, 15) is 4.79 Å². The highest BCUT2D eigenvalue weighted by molar-refractivity contribution is 5.81. The van der Waals surface area contributed by atoms with E-state index in [1.165, 1.54) is 0 Å². The third-order valence-corrected chi connectivity index (χ3v) is 0.874. The molecule has 0 aromatic heterocycles. The first-order chi connectivity index (χ1) is 6.72. The van der Waals surface area contributed by atoms with Gasteiger partial charge in [0.25, 0.3) is 0 Å². The summed E-state index contributed by atoms with van der Waals surface area (Å²) in [6.07, 6.45) is 1.84. The molecular formula is C8H13NO5. The Balaban J connectivity index is 0. The van der Waals surface area contributed by atoms with Crippen molar-refractivity contribution in [3.05, 3.63) is 12.7 Å². The quantitative estimate of drug-likeness (QED) is 0.202. The minimum Gasteiger partial charge on any atom is -0.460 e. The molecule has 0 aliphatic rings. The van der Waals surface area contributed by atoms with Gasteiger partial charge >= 0.3 is 5.97 Å². The second-order valence-electron chi connectivity index (χ2n) is 1.81. The van der Waals surface area contributed by atoms with Crippen LogP contribution >= 0.6 is 0 Å². The maximum atomic E-state index is 10.4. The average Bonchev–Trinajstić information content (AvgIpc) is 2.18. The molecule has 0 spiro atoms. The molecule has 0 atom stereocenters. The molecule has 0 heterocycles. The molecule has 6 heteroatoms. The Hall–Kier alpha value is -1.49. The van der Waals surface area contributed by atoms with E-state index in [1.54, 1.807) is 0 Å². The molecule has 0 saturated carbocycles. The summed E-state index contributed by atoms with van der Waals surface area (Å²) < 4.78 is 9.39. The zero-order valence-electron chi connectivity index (χ0n) is 7.69. The summed E-state index contributed by atoms with van der Waals surface area (Å²) in [6.45, 7) is 3.98. The lowest BCUT2D eigenvalue weighted by atomic mass is 10.6. The molecule has 0 bridgehead atoms. The fourth-order valence-electron chi connectivity index (χ4n) is 0.427. The Labute approximate surface area is 81.6 Å². The largest absolute Gasteiger partial charge is 0.460 e. The molecule has 80 valence electrons. The number of isocyanates is 1. The van der Waals surface area contributed by atoms with Gasteiger partial charge in [-0.3, -0.25) is 0 Å². The van der Waals surface area contributed by atoms with Gasteiger partial charge in [-0.25, -0.2) is 15.0 Å². The third kappa shape index (κ3) is 16.9. The van der Waals surface area contributed by atoms with Crippen LogP contribution in [0.15, 0.2) is 12.7 Å². The van der Waals surface area contributed by atoms with Crippen LogP contribution in [-0.4, -0.2) is 43.6 Å². The Morgan fingerprint density at radius 1 is 1.50 bits per heavy atom. The van der Waals surface area contributed by atoms with Crippen LogP contribution < -0.4 is 0 Å². The van der Waals surface area contributed by atoms with Gasteiger partial charge in [-0.2, -0.15) is 0 Å². The molecule has 0 saturated heterocycles. The minimum absolute atomic E-state index is 0.0184. The molecule has 0 rings (SSSR count). The van der Waals surface area contributed by atoms with Crippen molar-refractivity contribution >= 4 is 12.0 Å². The van der Waals surface area contributed by atoms with Crippen LogP contribution in [0.3, 0.4) is 0 Å². The van der Waals surface area contributed by atoms with Crippen LogP contribution in [-0.2, 0) is 19.1 Å². The maximum Gasteiger partial charge on any atom is 0.330 e. The molecule has 0 aliphatic heterocycles. The fourth-order valence-corrected chi connectivity index (χ4v) is 0.427. The van der Waals surface area contributed by atoms with Crippen molar-refractivity contribution in [2.45, 2.75) is 0 Å². The van der Waals surface area contributed by atoms with Crippen molar-refractivity contribution in [3.8, 4) is 0 Å². The predicted octanol–water partition coefficient (Wildman–Crippen LogP) is -0.375. The van der Waals surface area contributed by atoms with Gasteiger partial charge in [0.15, 0.2) is 0 Å². The van der Waals surface area contributed by atoms with Gasteiger partial charge in [0.1, 0.15) is 6.61 Å². The van der Waals surface area contributed by atoms with E-state index in [2.05, 4.69) is 11.3 Å². The number of aliphatic hydroxyl groups excluding tert-OH is 1. The van der Waals surface area contributed by atoms with Crippen molar-refractivity contribution in [2.75, 3.05) is 26.4 Å². The third-order valence-electron chi connectivity index (χ3n) is 0.874. The van der Waals surface area contributed by atoms with Gasteiger partial charge in [0.2, 0.25) is 6.08 Å². The van der Waals surface area contributed by atoms with E-state index in [-0.39, 0.29) is 19.8 Å². The Morgan fingerprint density at radius 2 is 2.07 bits per heavy atom. The van der Waals surface area contributed by atoms with Gasteiger partial charge in [0, 0.05) is 6.08 Å². The van der Waals surface area contributed by atoms with Gasteiger partial charge < -0.3 is 14.6 Å². The molecule has 0 aliphatic carbocycles. The molecule has 0 fully saturated rings. The molecule has 0 aromatic carbocycles. The Kier molecular flexibility index (Phi) is 15.1. The zero-order valence-corrected chi connectivity index (χ0v) is 7.69. The van der Waals surface area contributed by atoms with Gasteiger partial charge in [-0.15, -0.1) is 0 Å². The number of hydrogen-bond acceptors (Lipinski definition) is 6. The van der Waals surface area contributed by atoms with E-state index >= 15 is 0 Å². The highest BCUT2D eigenvalue weighted by atomic mass is 16.6. The second-order valence-corrected chi connectivity index (χ2v) is 1.81. The molecule has 14 heavy (non-hydrogen) atoms. The number of carbonyl (C=O) groups excluding carboxylic acids is 2. The molecule has 2 N–H and O–H groups in total. The lowest BCUT2D eigenvalue weighted by Gasteiger charge is -2.01. The molecule has 0 amide bonds. The van der Waals surface area contributed by atoms with Gasteiger partial charge in [0.05, 0.1) is 19.8 Å². The van der Waals surface area contributed by atoms with E-state index in [0.717, 1.165) is 12.2 Å². The highest BCUT2D eigenvalue weighted by Crippen LogP contribution is 1.80. The number of rotatable bonds is 6. The van der Waals surface area contributed by atoms with Gasteiger partial charge in [-0.1, -0.05) is 6.58 Å². The fraction of sp³-hybridized carbons (Fsp3) is 0.500. The predicted molar refractivity (Wildman–Crippen MR) is 47.5 cm³/mol. The highest BCUT2D eigenvalue weighted by Gasteiger charge is 1.93. The summed E-state index contributed by atoms with van der Waals surface area (Å²) in [6, 6.07) is 0. The van der Waals surface area contributed by atoms with Crippen LogP contribution in [0.5, 0.6) is 0 Å².